The Morgan fingerprint density at radius 1 is 1.29 bits per heavy atom. The van der Waals surface area contributed by atoms with E-state index in [9.17, 15) is 26.4 Å². The number of carbonyl (C=O) groups is 1. The van der Waals surface area contributed by atoms with Crippen molar-refractivity contribution in [1.82, 2.24) is 4.72 Å². The van der Waals surface area contributed by atoms with E-state index in [0.29, 0.717) is 6.07 Å². The van der Waals surface area contributed by atoms with Crippen LogP contribution in [0.2, 0.25) is 0 Å². The molecule has 0 aliphatic rings. The maximum atomic E-state index is 12.6. The van der Waals surface area contributed by atoms with E-state index in [-0.39, 0.29) is 23.9 Å². The van der Waals surface area contributed by atoms with Gasteiger partial charge in [-0.3, -0.25) is 4.79 Å². The first-order valence-electron chi connectivity index (χ1n) is 5.61. The van der Waals surface area contributed by atoms with Crippen LogP contribution in [0, 0.1) is 0 Å². The van der Waals surface area contributed by atoms with E-state index >= 15 is 0 Å². The standard InChI is InChI=1S/C11H11BrF3NO4S/c12-8-4-7(11(13,14)15)5-9(6-8)21(19,20)16-3-1-2-10(17)18/h4-6,16H,1-3H2,(H,17,18). The molecule has 1 aromatic rings. The fourth-order valence-electron chi connectivity index (χ4n) is 1.41. The van der Waals surface area contributed by atoms with Crippen molar-refractivity contribution in [2.45, 2.75) is 23.9 Å². The second-order valence-corrected chi connectivity index (χ2v) is 6.75. The SMILES string of the molecule is O=C(O)CCCNS(=O)(=O)c1cc(Br)cc(C(F)(F)F)c1. The van der Waals surface area contributed by atoms with Gasteiger partial charge in [0.1, 0.15) is 0 Å². The van der Waals surface area contributed by atoms with Crippen molar-refractivity contribution in [2.75, 3.05) is 6.54 Å². The number of sulfonamides is 1. The van der Waals surface area contributed by atoms with Gasteiger partial charge in [-0.15, -0.1) is 0 Å². The molecule has 0 saturated carbocycles. The highest BCUT2D eigenvalue weighted by Gasteiger charge is 2.32. The maximum Gasteiger partial charge on any atom is 0.416 e. The molecule has 0 amide bonds. The summed E-state index contributed by atoms with van der Waals surface area (Å²) in [6.45, 7) is -0.178. The van der Waals surface area contributed by atoms with Gasteiger partial charge in [-0.25, -0.2) is 13.1 Å². The largest absolute Gasteiger partial charge is 0.481 e. The Hall–Kier alpha value is -1.13. The molecule has 5 nitrogen and oxygen atoms in total. The molecule has 0 atom stereocenters. The highest BCUT2D eigenvalue weighted by atomic mass is 79.9. The van der Waals surface area contributed by atoms with Crippen molar-refractivity contribution in [3.63, 3.8) is 0 Å². The van der Waals surface area contributed by atoms with Crippen LogP contribution in [0.5, 0.6) is 0 Å². The lowest BCUT2D eigenvalue weighted by atomic mass is 10.2. The predicted octanol–water partition coefficient (Wildman–Crippen LogP) is 2.61. The van der Waals surface area contributed by atoms with Crippen molar-refractivity contribution in [2.24, 2.45) is 0 Å². The summed E-state index contributed by atoms with van der Waals surface area (Å²) in [7, 11) is -4.14. The number of carboxylic acid groups (broad SMARTS) is 1. The lowest BCUT2D eigenvalue weighted by Gasteiger charge is -2.11. The van der Waals surface area contributed by atoms with E-state index in [2.05, 4.69) is 20.7 Å². The van der Waals surface area contributed by atoms with Crippen LogP contribution in [0.1, 0.15) is 18.4 Å². The van der Waals surface area contributed by atoms with Gasteiger partial charge in [0.25, 0.3) is 0 Å². The quantitative estimate of drug-likeness (QED) is 0.732. The second kappa shape index (κ2) is 6.75. The fraction of sp³-hybridized carbons (Fsp3) is 0.364. The van der Waals surface area contributed by atoms with Gasteiger partial charge in [-0.1, -0.05) is 15.9 Å². The molecule has 0 aromatic heterocycles. The molecule has 0 bridgehead atoms. The van der Waals surface area contributed by atoms with Crippen LogP contribution in [-0.4, -0.2) is 26.0 Å². The van der Waals surface area contributed by atoms with Crippen LogP contribution in [0.15, 0.2) is 27.6 Å². The molecule has 1 rings (SSSR count). The van der Waals surface area contributed by atoms with E-state index in [4.69, 9.17) is 5.11 Å². The Bertz CT molecular complexity index is 631. The highest BCUT2D eigenvalue weighted by Crippen LogP contribution is 2.33. The molecule has 21 heavy (non-hydrogen) atoms. The number of rotatable bonds is 6. The Labute approximate surface area is 127 Å². The minimum absolute atomic E-state index is 0.0248. The molecule has 0 fully saturated rings. The molecular weight excluding hydrogens is 379 g/mol. The summed E-state index contributed by atoms with van der Waals surface area (Å²) in [6, 6.07) is 2.32. The smallest absolute Gasteiger partial charge is 0.416 e. The lowest BCUT2D eigenvalue weighted by Crippen LogP contribution is -2.25. The monoisotopic (exact) mass is 389 g/mol. The van der Waals surface area contributed by atoms with Crippen molar-refractivity contribution in [3.05, 3.63) is 28.2 Å². The topological polar surface area (TPSA) is 83.5 Å². The number of benzene rings is 1. The summed E-state index contributed by atoms with van der Waals surface area (Å²) in [5.41, 5.74) is -1.09. The first-order chi connectivity index (χ1) is 9.52. The second-order valence-electron chi connectivity index (χ2n) is 4.07. The van der Waals surface area contributed by atoms with Gasteiger partial charge in [0.05, 0.1) is 10.5 Å². The Morgan fingerprint density at radius 2 is 1.90 bits per heavy atom. The Balaban J connectivity index is 2.93. The zero-order valence-electron chi connectivity index (χ0n) is 10.4. The molecular formula is C11H11BrF3NO4S. The van der Waals surface area contributed by atoms with Crippen LogP contribution in [-0.2, 0) is 21.0 Å². The van der Waals surface area contributed by atoms with Gasteiger partial charge in [0, 0.05) is 17.4 Å². The molecule has 10 heteroatoms. The van der Waals surface area contributed by atoms with Gasteiger partial charge in [0.15, 0.2) is 0 Å². The van der Waals surface area contributed by atoms with Gasteiger partial charge < -0.3 is 5.11 Å². The van der Waals surface area contributed by atoms with E-state index < -0.39 is 32.6 Å². The maximum absolute atomic E-state index is 12.6. The molecule has 0 radical (unpaired) electrons. The number of hydrogen-bond acceptors (Lipinski definition) is 3. The van der Waals surface area contributed by atoms with Gasteiger partial charge >= 0.3 is 12.1 Å². The lowest BCUT2D eigenvalue weighted by molar-refractivity contribution is -0.138. The third-order valence-electron chi connectivity index (χ3n) is 2.37. The minimum atomic E-state index is -4.67. The number of alkyl halides is 3. The normalized spacial score (nSPS) is 12.4. The van der Waals surface area contributed by atoms with Crippen LogP contribution in [0.25, 0.3) is 0 Å². The van der Waals surface area contributed by atoms with Crippen LogP contribution in [0.4, 0.5) is 13.2 Å². The molecule has 118 valence electrons. The van der Waals surface area contributed by atoms with E-state index in [1.165, 1.54) is 0 Å². The third-order valence-corrected chi connectivity index (χ3v) is 4.27. The average Bonchev–Trinajstić information content (AvgIpc) is 2.32. The first kappa shape index (κ1) is 17.9. The summed E-state index contributed by atoms with van der Waals surface area (Å²) in [5, 5.41) is 8.41. The van der Waals surface area contributed by atoms with Gasteiger partial charge in [-0.05, 0) is 24.6 Å². The number of halogens is 4. The summed E-state index contributed by atoms with van der Waals surface area (Å²) < 4.78 is 63.6. The fourth-order valence-corrected chi connectivity index (χ4v) is 3.20. The third kappa shape index (κ3) is 5.64. The van der Waals surface area contributed by atoms with Crippen LogP contribution in [0.3, 0.4) is 0 Å². The average molecular weight is 390 g/mol. The van der Waals surface area contributed by atoms with E-state index in [1.54, 1.807) is 0 Å². The molecule has 0 aliphatic carbocycles. The number of carboxylic acids is 1. The molecule has 0 saturated heterocycles. The predicted molar refractivity (Wildman–Crippen MR) is 71.2 cm³/mol. The number of nitrogens with one attached hydrogen (secondary N) is 1. The zero-order valence-corrected chi connectivity index (χ0v) is 12.8. The molecule has 0 heterocycles. The zero-order chi connectivity index (χ0) is 16.3. The Morgan fingerprint density at radius 3 is 2.43 bits per heavy atom. The first-order valence-corrected chi connectivity index (χ1v) is 7.89. The van der Waals surface area contributed by atoms with Crippen LogP contribution < -0.4 is 4.72 Å². The summed E-state index contributed by atoms with van der Waals surface area (Å²) in [6.07, 6.45) is -4.87. The summed E-state index contributed by atoms with van der Waals surface area (Å²) >= 11 is 2.83. The van der Waals surface area contributed by atoms with Crippen molar-refractivity contribution in [1.29, 1.82) is 0 Å². The number of aliphatic carboxylic acids is 1. The van der Waals surface area contributed by atoms with Crippen molar-refractivity contribution < 1.29 is 31.5 Å². The molecule has 0 unspecified atom stereocenters. The minimum Gasteiger partial charge on any atom is -0.481 e. The van der Waals surface area contributed by atoms with Gasteiger partial charge in [-0.2, -0.15) is 13.2 Å². The Kier molecular flexibility index (Phi) is 5.76. The van der Waals surface area contributed by atoms with Crippen LogP contribution >= 0.6 is 15.9 Å². The molecule has 0 spiro atoms. The molecule has 0 aliphatic heterocycles. The van der Waals surface area contributed by atoms with E-state index in [1.807, 2.05) is 0 Å². The van der Waals surface area contributed by atoms with Crippen molar-refractivity contribution in [3.8, 4) is 0 Å². The summed E-state index contributed by atoms with van der Waals surface area (Å²) in [4.78, 5) is 9.74. The number of hydrogen-bond donors (Lipinski definition) is 2. The van der Waals surface area contributed by atoms with Crippen molar-refractivity contribution >= 4 is 31.9 Å². The van der Waals surface area contributed by atoms with Gasteiger partial charge in [0.2, 0.25) is 10.0 Å². The highest BCUT2D eigenvalue weighted by molar-refractivity contribution is 9.10. The molecule has 1 aromatic carbocycles. The molecule has 2 N–H and O–H groups in total. The summed E-state index contributed by atoms with van der Waals surface area (Å²) in [5.74, 6) is -1.09. The van der Waals surface area contributed by atoms with E-state index in [0.717, 1.165) is 12.1 Å².